The van der Waals surface area contributed by atoms with Crippen molar-refractivity contribution >= 4 is 16.9 Å². The van der Waals surface area contributed by atoms with Gasteiger partial charge in [0.2, 0.25) is 5.91 Å². The zero-order valence-corrected chi connectivity index (χ0v) is 14.3. The van der Waals surface area contributed by atoms with Gasteiger partial charge in [-0.05, 0) is 19.9 Å². The highest BCUT2D eigenvalue weighted by Gasteiger charge is 2.21. The van der Waals surface area contributed by atoms with Gasteiger partial charge in [-0.2, -0.15) is 10.2 Å². The van der Waals surface area contributed by atoms with E-state index in [-0.39, 0.29) is 5.91 Å². The van der Waals surface area contributed by atoms with E-state index in [1.807, 2.05) is 34.4 Å². The minimum Gasteiger partial charge on any atom is -0.340 e. The summed E-state index contributed by atoms with van der Waals surface area (Å²) in [4.78, 5) is 16.8. The molecular formula is C16H26N6O. The summed E-state index contributed by atoms with van der Waals surface area (Å²) in [6.07, 6.45) is 3.50. The van der Waals surface area contributed by atoms with Gasteiger partial charge in [0.1, 0.15) is 11.0 Å². The predicted octanol–water partition coefficient (Wildman–Crippen LogP) is 1.02. The highest BCUT2D eigenvalue weighted by atomic mass is 16.2. The number of rotatable bonds is 5. The van der Waals surface area contributed by atoms with Crippen LogP contribution in [0.15, 0.2) is 6.20 Å². The van der Waals surface area contributed by atoms with Crippen molar-refractivity contribution in [1.82, 2.24) is 29.4 Å². The molecule has 0 unspecified atom stereocenters. The summed E-state index contributed by atoms with van der Waals surface area (Å²) in [5.74, 6) is 0.228. The van der Waals surface area contributed by atoms with Crippen LogP contribution in [0.1, 0.15) is 25.5 Å². The topological polar surface area (TPSA) is 59.2 Å². The van der Waals surface area contributed by atoms with Gasteiger partial charge >= 0.3 is 0 Å². The van der Waals surface area contributed by atoms with Gasteiger partial charge in [0.05, 0.1) is 18.4 Å². The van der Waals surface area contributed by atoms with Crippen LogP contribution in [0, 0.1) is 6.92 Å². The van der Waals surface area contributed by atoms with Crippen LogP contribution in [0.2, 0.25) is 0 Å². The van der Waals surface area contributed by atoms with Crippen LogP contribution < -0.4 is 0 Å². The Morgan fingerprint density at radius 2 is 1.96 bits per heavy atom. The van der Waals surface area contributed by atoms with E-state index in [4.69, 9.17) is 0 Å². The Morgan fingerprint density at radius 3 is 2.65 bits per heavy atom. The van der Waals surface area contributed by atoms with Crippen molar-refractivity contribution in [3.8, 4) is 0 Å². The van der Waals surface area contributed by atoms with Crippen LogP contribution in [0.3, 0.4) is 0 Å². The van der Waals surface area contributed by atoms with Crippen LogP contribution in [-0.4, -0.2) is 68.0 Å². The largest absolute Gasteiger partial charge is 0.340 e. The number of aromatic nitrogens is 4. The summed E-state index contributed by atoms with van der Waals surface area (Å²) in [5, 5.41) is 8.82. The maximum Gasteiger partial charge on any atom is 0.224 e. The molecule has 1 fully saturated rings. The fourth-order valence-corrected chi connectivity index (χ4v) is 3.38. The third kappa shape index (κ3) is 3.24. The first-order valence-corrected chi connectivity index (χ1v) is 8.45. The van der Waals surface area contributed by atoms with Gasteiger partial charge < -0.3 is 4.90 Å². The third-order valence-corrected chi connectivity index (χ3v) is 4.61. The smallest absolute Gasteiger partial charge is 0.224 e. The molecule has 2 aromatic heterocycles. The Balaban J connectivity index is 1.57. The lowest BCUT2D eigenvalue weighted by Gasteiger charge is -2.34. The van der Waals surface area contributed by atoms with Gasteiger partial charge in [0, 0.05) is 39.6 Å². The molecule has 1 aliphatic rings. The number of amides is 1. The first-order chi connectivity index (χ1) is 11.1. The zero-order chi connectivity index (χ0) is 16.4. The van der Waals surface area contributed by atoms with Crippen LogP contribution in [0.25, 0.3) is 11.0 Å². The number of carbonyl (C=O) groups is 1. The fraction of sp³-hybridized carbons (Fsp3) is 0.688. The number of carbonyl (C=O) groups excluding carboxylic acids is 1. The number of hydrogen-bond acceptors (Lipinski definition) is 4. The van der Waals surface area contributed by atoms with E-state index in [0.717, 1.165) is 49.5 Å². The average Bonchev–Trinajstić information content (AvgIpc) is 3.08. The second kappa shape index (κ2) is 6.70. The Kier molecular flexibility index (Phi) is 4.66. The van der Waals surface area contributed by atoms with Gasteiger partial charge in [-0.15, -0.1) is 0 Å². The molecule has 3 heterocycles. The zero-order valence-electron chi connectivity index (χ0n) is 14.3. The number of hydrogen-bond donors (Lipinski definition) is 0. The predicted molar refractivity (Wildman–Crippen MR) is 89.2 cm³/mol. The van der Waals surface area contributed by atoms with Crippen molar-refractivity contribution in [1.29, 1.82) is 0 Å². The molecule has 0 atom stereocenters. The molecule has 0 saturated carbocycles. The Bertz CT molecular complexity index is 680. The molecule has 126 valence electrons. The molecule has 0 bridgehead atoms. The Morgan fingerprint density at radius 1 is 1.22 bits per heavy atom. The van der Waals surface area contributed by atoms with Gasteiger partial charge in [-0.1, -0.05) is 6.92 Å². The van der Waals surface area contributed by atoms with Crippen molar-refractivity contribution < 1.29 is 4.79 Å². The molecule has 7 nitrogen and oxygen atoms in total. The van der Waals surface area contributed by atoms with E-state index in [2.05, 4.69) is 22.0 Å². The lowest BCUT2D eigenvalue weighted by Crippen LogP contribution is -2.48. The molecule has 0 radical (unpaired) electrons. The molecule has 3 rings (SSSR count). The Hall–Kier alpha value is -1.89. The van der Waals surface area contributed by atoms with Crippen LogP contribution in [0.5, 0.6) is 0 Å². The molecule has 0 N–H and O–H groups in total. The minimum absolute atomic E-state index is 0.228. The Labute approximate surface area is 136 Å². The standard InChI is InChI=1S/C16H26N6O/c1-4-6-20-8-10-21(11-9-20)15(23)5-7-22-16-13(2)18-19(3)14(16)12-17-22/h12H,4-11H2,1-3H3. The number of fused-ring (bicyclic) bond motifs is 1. The van der Waals surface area contributed by atoms with Crippen LogP contribution in [-0.2, 0) is 18.4 Å². The normalized spacial score (nSPS) is 16.4. The van der Waals surface area contributed by atoms with E-state index < -0.39 is 0 Å². The second-order valence-corrected chi connectivity index (χ2v) is 6.28. The summed E-state index contributed by atoms with van der Waals surface area (Å²) in [5.41, 5.74) is 3.01. The molecule has 0 aliphatic carbocycles. The molecule has 1 aliphatic heterocycles. The van der Waals surface area contributed by atoms with Crippen molar-refractivity contribution in [2.75, 3.05) is 32.7 Å². The van der Waals surface area contributed by atoms with Crippen molar-refractivity contribution in [2.24, 2.45) is 7.05 Å². The number of piperazine rings is 1. The highest BCUT2D eigenvalue weighted by Crippen LogP contribution is 2.17. The van der Waals surface area contributed by atoms with E-state index in [0.29, 0.717) is 13.0 Å². The van der Waals surface area contributed by atoms with E-state index in [1.165, 1.54) is 6.42 Å². The van der Waals surface area contributed by atoms with Gasteiger partial charge in [-0.3, -0.25) is 19.1 Å². The van der Waals surface area contributed by atoms with Gasteiger partial charge in [-0.25, -0.2) is 0 Å². The fourth-order valence-electron chi connectivity index (χ4n) is 3.38. The molecule has 7 heteroatoms. The average molecular weight is 318 g/mol. The molecular weight excluding hydrogens is 292 g/mol. The maximum absolute atomic E-state index is 12.4. The quantitative estimate of drug-likeness (QED) is 0.826. The van der Waals surface area contributed by atoms with Gasteiger partial charge in [0.25, 0.3) is 0 Å². The lowest BCUT2D eigenvalue weighted by atomic mass is 10.2. The molecule has 23 heavy (non-hydrogen) atoms. The van der Waals surface area contributed by atoms with E-state index in [1.54, 1.807) is 0 Å². The monoisotopic (exact) mass is 318 g/mol. The van der Waals surface area contributed by atoms with E-state index >= 15 is 0 Å². The summed E-state index contributed by atoms with van der Waals surface area (Å²) in [6.45, 7) is 9.61. The lowest BCUT2D eigenvalue weighted by molar-refractivity contribution is -0.133. The molecule has 0 aromatic carbocycles. The minimum atomic E-state index is 0.228. The highest BCUT2D eigenvalue weighted by molar-refractivity contribution is 5.78. The summed E-state index contributed by atoms with van der Waals surface area (Å²) in [7, 11) is 1.92. The number of aryl methyl sites for hydroxylation is 3. The van der Waals surface area contributed by atoms with E-state index in [9.17, 15) is 4.79 Å². The van der Waals surface area contributed by atoms with Crippen molar-refractivity contribution in [2.45, 2.75) is 33.2 Å². The number of nitrogens with zero attached hydrogens (tertiary/aromatic N) is 6. The van der Waals surface area contributed by atoms with Crippen LogP contribution >= 0.6 is 0 Å². The van der Waals surface area contributed by atoms with Crippen LogP contribution in [0.4, 0.5) is 0 Å². The van der Waals surface area contributed by atoms with Gasteiger partial charge in [0.15, 0.2) is 0 Å². The third-order valence-electron chi connectivity index (χ3n) is 4.61. The summed E-state index contributed by atoms with van der Waals surface area (Å²) in [6, 6.07) is 0. The second-order valence-electron chi connectivity index (χ2n) is 6.28. The summed E-state index contributed by atoms with van der Waals surface area (Å²) < 4.78 is 3.74. The molecule has 2 aromatic rings. The first kappa shape index (κ1) is 16.0. The van der Waals surface area contributed by atoms with Crippen molar-refractivity contribution in [3.63, 3.8) is 0 Å². The molecule has 0 spiro atoms. The summed E-state index contributed by atoms with van der Waals surface area (Å²) >= 11 is 0. The molecule has 1 saturated heterocycles. The maximum atomic E-state index is 12.4. The molecule has 1 amide bonds. The SMILES string of the molecule is CCCN1CCN(C(=O)CCn2ncc3c2c(C)nn3C)CC1. The first-order valence-electron chi connectivity index (χ1n) is 8.45. The van der Waals surface area contributed by atoms with Crippen molar-refractivity contribution in [3.05, 3.63) is 11.9 Å².